The lowest BCUT2D eigenvalue weighted by atomic mass is 10.1. The summed E-state index contributed by atoms with van der Waals surface area (Å²) in [7, 11) is 0. The topological polar surface area (TPSA) is 98.9 Å². The number of carbonyl (C=O) groups excluding carboxylic acids is 1. The summed E-state index contributed by atoms with van der Waals surface area (Å²) in [5, 5.41) is 6.60. The predicted molar refractivity (Wildman–Crippen MR) is 125 cm³/mol. The van der Waals surface area contributed by atoms with Crippen LogP contribution in [0.1, 0.15) is 27.3 Å². The summed E-state index contributed by atoms with van der Waals surface area (Å²) < 4.78 is 16.2. The summed E-state index contributed by atoms with van der Waals surface area (Å²) in [4.78, 5) is 43.4. The number of para-hydroxylation sites is 1. The van der Waals surface area contributed by atoms with Crippen LogP contribution >= 0.6 is 0 Å². The Kier molecular flexibility index (Phi) is 6.72. The maximum Gasteiger partial charge on any atom is 0.352 e. The molecule has 0 aliphatic carbocycles. The van der Waals surface area contributed by atoms with Crippen LogP contribution in [0.25, 0.3) is 5.69 Å². The zero-order valence-electron chi connectivity index (χ0n) is 18.4. The molecule has 1 N–H and O–H groups in total. The predicted octanol–water partition coefficient (Wildman–Crippen LogP) is 2.26. The molecule has 8 nitrogen and oxygen atoms in total. The number of rotatable bonds is 7. The van der Waals surface area contributed by atoms with Crippen LogP contribution in [0.4, 0.5) is 4.39 Å². The quantitative estimate of drug-likeness (QED) is 0.457. The largest absolute Gasteiger partial charge is 0.352 e. The van der Waals surface area contributed by atoms with E-state index in [0.717, 1.165) is 26.1 Å². The van der Waals surface area contributed by atoms with Gasteiger partial charge in [0.1, 0.15) is 11.5 Å². The van der Waals surface area contributed by atoms with Crippen LogP contribution in [-0.4, -0.2) is 31.8 Å². The summed E-state index contributed by atoms with van der Waals surface area (Å²) in [5.74, 6) is -1.47. The fourth-order valence-electron chi connectivity index (χ4n) is 3.47. The molecule has 0 aliphatic rings. The van der Waals surface area contributed by atoms with Crippen molar-refractivity contribution in [2.45, 2.75) is 19.9 Å². The highest BCUT2D eigenvalue weighted by atomic mass is 19.1. The van der Waals surface area contributed by atoms with Gasteiger partial charge in [-0.15, -0.1) is 0 Å². The van der Waals surface area contributed by atoms with Gasteiger partial charge >= 0.3 is 5.69 Å². The lowest BCUT2D eigenvalue weighted by Crippen LogP contribution is -2.46. The van der Waals surface area contributed by atoms with E-state index in [2.05, 4.69) is 15.4 Å². The van der Waals surface area contributed by atoms with Crippen LogP contribution < -0.4 is 16.6 Å². The second-order valence-corrected chi connectivity index (χ2v) is 7.64. The normalized spacial score (nSPS) is 10.8. The molecule has 0 aliphatic heterocycles. The molecular weight excluding hydrogens is 437 g/mol. The van der Waals surface area contributed by atoms with Gasteiger partial charge in [-0.2, -0.15) is 9.78 Å². The van der Waals surface area contributed by atoms with Gasteiger partial charge in [-0.3, -0.25) is 19.1 Å². The third-order valence-electron chi connectivity index (χ3n) is 5.34. The number of hydrogen-bond donors (Lipinski definition) is 1. The number of aryl methyl sites for hydroxylation is 1. The average Bonchev–Trinajstić information content (AvgIpc) is 2.84. The van der Waals surface area contributed by atoms with Crippen molar-refractivity contribution in [2.75, 3.05) is 6.54 Å². The molecule has 0 atom stereocenters. The Hall–Kier alpha value is -4.40. The highest BCUT2D eigenvalue weighted by Gasteiger charge is 2.21. The van der Waals surface area contributed by atoms with E-state index in [9.17, 15) is 18.8 Å². The molecule has 0 radical (unpaired) electrons. The summed E-state index contributed by atoms with van der Waals surface area (Å²) >= 11 is 0. The molecule has 0 spiro atoms. The molecule has 34 heavy (non-hydrogen) atoms. The lowest BCUT2D eigenvalue weighted by molar-refractivity contribution is 0.0944. The van der Waals surface area contributed by atoms with Crippen molar-refractivity contribution in [1.29, 1.82) is 0 Å². The monoisotopic (exact) mass is 459 g/mol. The standard InChI is InChI=1S/C25H22FN5O3/c1-17-8-2-3-9-18(17)16-30-24(33)22(23(32)28-15-13-19-10-6-7-14-27-19)29-31(25(30)34)21-12-5-4-11-20(21)26/h2-12,14H,13,15-16H2,1H3,(H,28,32). The maximum absolute atomic E-state index is 14.5. The van der Waals surface area contributed by atoms with E-state index >= 15 is 0 Å². The molecule has 0 saturated carbocycles. The van der Waals surface area contributed by atoms with Crippen molar-refractivity contribution in [3.8, 4) is 5.69 Å². The maximum atomic E-state index is 14.5. The highest BCUT2D eigenvalue weighted by Crippen LogP contribution is 2.10. The van der Waals surface area contributed by atoms with Crippen LogP contribution in [0.5, 0.6) is 0 Å². The zero-order chi connectivity index (χ0) is 24.1. The lowest BCUT2D eigenvalue weighted by Gasteiger charge is -2.13. The molecule has 9 heteroatoms. The average molecular weight is 459 g/mol. The molecule has 0 unspecified atom stereocenters. The molecule has 4 rings (SSSR count). The third kappa shape index (κ3) is 4.83. The van der Waals surface area contributed by atoms with Crippen LogP contribution in [0.2, 0.25) is 0 Å². The van der Waals surface area contributed by atoms with Crippen LogP contribution in [0.15, 0.2) is 82.5 Å². The van der Waals surface area contributed by atoms with E-state index in [1.807, 2.05) is 31.2 Å². The minimum atomic E-state index is -0.851. The second-order valence-electron chi connectivity index (χ2n) is 7.64. The molecule has 0 bridgehead atoms. The second kappa shape index (κ2) is 10.0. The van der Waals surface area contributed by atoms with E-state index < -0.39 is 28.7 Å². The number of amides is 1. The number of halogens is 1. The first-order chi connectivity index (χ1) is 16.5. The van der Waals surface area contributed by atoms with Gasteiger partial charge < -0.3 is 5.32 Å². The van der Waals surface area contributed by atoms with E-state index in [-0.39, 0.29) is 18.8 Å². The smallest absolute Gasteiger partial charge is 0.350 e. The summed E-state index contributed by atoms with van der Waals surface area (Å²) in [6.07, 6.45) is 2.09. The highest BCUT2D eigenvalue weighted by molar-refractivity contribution is 5.91. The minimum absolute atomic E-state index is 0.0878. The first-order valence-corrected chi connectivity index (χ1v) is 10.7. The van der Waals surface area contributed by atoms with Crippen molar-refractivity contribution in [2.24, 2.45) is 0 Å². The van der Waals surface area contributed by atoms with E-state index in [0.29, 0.717) is 6.42 Å². The van der Waals surface area contributed by atoms with E-state index in [1.54, 1.807) is 24.4 Å². The van der Waals surface area contributed by atoms with Gasteiger partial charge in [0.2, 0.25) is 5.69 Å². The van der Waals surface area contributed by atoms with Crippen molar-refractivity contribution in [1.82, 2.24) is 24.6 Å². The fourth-order valence-corrected chi connectivity index (χ4v) is 3.47. The van der Waals surface area contributed by atoms with E-state index in [1.165, 1.54) is 24.3 Å². The van der Waals surface area contributed by atoms with Gasteiger partial charge in [-0.05, 0) is 42.3 Å². The summed E-state index contributed by atoms with van der Waals surface area (Å²) in [5.41, 5.74) is -0.00597. The minimum Gasteiger partial charge on any atom is -0.350 e. The summed E-state index contributed by atoms with van der Waals surface area (Å²) in [6.45, 7) is 1.96. The van der Waals surface area contributed by atoms with Gasteiger partial charge in [0, 0.05) is 24.9 Å². The van der Waals surface area contributed by atoms with Crippen LogP contribution in [0.3, 0.4) is 0 Å². The number of carbonyl (C=O) groups is 1. The molecule has 2 aromatic heterocycles. The first kappa shape index (κ1) is 22.8. The number of pyridine rings is 1. The first-order valence-electron chi connectivity index (χ1n) is 10.7. The number of aromatic nitrogens is 4. The molecule has 1 amide bonds. The Balaban J connectivity index is 1.74. The van der Waals surface area contributed by atoms with Crippen molar-refractivity contribution in [3.05, 3.63) is 122 Å². The van der Waals surface area contributed by atoms with Gasteiger partial charge in [-0.1, -0.05) is 42.5 Å². The number of nitrogens with zero attached hydrogens (tertiary/aromatic N) is 4. The number of benzene rings is 2. The van der Waals surface area contributed by atoms with Gasteiger partial charge in [-0.25, -0.2) is 9.18 Å². The molecule has 0 fully saturated rings. The zero-order valence-corrected chi connectivity index (χ0v) is 18.4. The van der Waals surface area contributed by atoms with E-state index in [4.69, 9.17) is 0 Å². The number of hydrogen-bond acceptors (Lipinski definition) is 5. The third-order valence-corrected chi connectivity index (χ3v) is 5.34. The van der Waals surface area contributed by atoms with Crippen molar-refractivity contribution >= 4 is 5.91 Å². The Bertz CT molecular complexity index is 1450. The van der Waals surface area contributed by atoms with Gasteiger partial charge in [0.05, 0.1) is 6.54 Å². The van der Waals surface area contributed by atoms with Crippen LogP contribution in [0, 0.1) is 12.7 Å². The molecular formula is C25H22FN5O3. The van der Waals surface area contributed by atoms with Crippen molar-refractivity contribution in [3.63, 3.8) is 0 Å². The van der Waals surface area contributed by atoms with Crippen molar-refractivity contribution < 1.29 is 9.18 Å². The SMILES string of the molecule is Cc1ccccc1Cn1c(=O)c(C(=O)NCCc2ccccn2)nn(-c2ccccc2F)c1=O. The fraction of sp³-hybridized carbons (Fsp3) is 0.160. The Morgan fingerprint density at radius 2 is 1.74 bits per heavy atom. The summed E-state index contributed by atoms with van der Waals surface area (Å²) in [6, 6.07) is 18.2. The molecule has 2 heterocycles. The molecule has 2 aromatic carbocycles. The van der Waals surface area contributed by atoms with Gasteiger partial charge in [0.15, 0.2) is 0 Å². The van der Waals surface area contributed by atoms with Gasteiger partial charge in [0.25, 0.3) is 11.5 Å². The molecule has 4 aromatic rings. The molecule has 172 valence electrons. The Morgan fingerprint density at radius 1 is 1.00 bits per heavy atom. The molecule has 0 saturated heterocycles. The van der Waals surface area contributed by atoms with Crippen LogP contribution in [-0.2, 0) is 13.0 Å². The Morgan fingerprint density at radius 3 is 2.47 bits per heavy atom. The Labute approximate surface area is 194 Å². The number of nitrogens with one attached hydrogen (secondary N) is 1.